The Bertz CT molecular complexity index is 464. The summed E-state index contributed by atoms with van der Waals surface area (Å²) in [5.74, 6) is -1.64. The minimum Gasteiger partial charge on any atom is -0.478 e. The van der Waals surface area contributed by atoms with Crippen molar-refractivity contribution >= 4 is 11.7 Å². The molecule has 1 N–H and O–H groups in total. The molecule has 1 aliphatic rings. The highest BCUT2D eigenvalue weighted by atomic mass is 19.1. The van der Waals surface area contributed by atoms with Gasteiger partial charge in [0, 0.05) is 13.7 Å². The Hall–Kier alpha value is -1.62. The molecule has 1 aromatic rings. The molecule has 2 unspecified atom stereocenters. The van der Waals surface area contributed by atoms with E-state index in [9.17, 15) is 9.18 Å². The van der Waals surface area contributed by atoms with E-state index in [1.54, 1.807) is 11.9 Å². The Balaban J connectivity index is 2.40. The van der Waals surface area contributed by atoms with Gasteiger partial charge in [0.2, 0.25) is 0 Å². The Morgan fingerprint density at radius 2 is 2.28 bits per heavy atom. The maximum Gasteiger partial charge on any atom is 0.337 e. The van der Waals surface area contributed by atoms with Gasteiger partial charge in [0.25, 0.3) is 0 Å². The Morgan fingerprint density at radius 3 is 2.83 bits per heavy atom. The van der Waals surface area contributed by atoms with E-state index in [-0.39, 0.29) is 23.4 Å². The van der Waals surface area contributed by atoms with Gasteiger partial charge in [-0.15, -0.1) is 0 Å². The molecule has 4 nitrogen and oxygen atoms in total. The van der Waals surface area contributed by atoms with Gasteiger partial charge >= 0.3 is 5.97 Å². The number of ether oxygens (including phenoxy) is 1. The normalized spacial score (nSPS) is 23.1. The molecule has 0 saturated carbocycles. The minimum atomic E-state index is -1.12. The first-order valence-corrected chi connectivity index (χ1v) is 5.88. The van der Waals surface area contributed by atoms with Crippen LogP contribution >= 0.6 is 0 Å². The molecule has 0 amide bonds. The lowest BCUT2D eigenvalue weighted by atomic mass is 10.1. The third-order valence-electron chi connectivity index (χ3n) is 3.40. The number of hydrogen-bond donors (Lipinski definition) is 1. The highest BCUT2D eigenvalue weighted by Crippen LogP contribution is 2.29. The average Bonchev–Trinajstić information content (AvgIpc) is 2.74. The summed E-state index contributed by atoms with van der Waals surface area (Å²) in [6.07, 6.45) is 0.738. The van der Waals surface area contributed by atoms with Crippen LogP contribution in [-0.2, 0) is 4.74 Å². The van der Waals surface area contributed by atoms with Crippen molar-refractivity contribution in [2.24, 2.45) is 0 Å². The first-order chi connectivity index (χ1) is 8.52. The lowest BCUT2D eigenvalue weighted by Gasteiger charge is -2.30. The molecule has 0 radical (unpaired) electrons. The fourth-order valence-electron chi connectivity index (χ4n) is 2.44. The first kappa shape index (κ1) is 12.8. The van der Waals surface area contributed by atoms with E-state index < -0.39 is 11.8 Å². The predicted octanol–water partition coefficient (Wildman–Crippen LogP) is 2.14. The SMILES string of the molecule is CC1OCCC1N(C)c1c(F)cccc1C(=O)O. The smallest absolute Gasteiger partial charge is 0.337 e. The molecule has 1 fully saturated rings. The molecule has 2 rings (SSSR count). The summed E-state index contributed by atoms with van der Waals surface area (Å²) in [5, 5.41) is 9.12. The van der Waals surface area contributed by atoms with Gasteiger partial charge in [0.05, 0.1) is 23.4 Å². The summed E-state index contributed by atoms with van der Waals surface area (Å²) >= 11 is 0. The van der Waals surface area contributed by atoms with Crippen LogP contribution in [0.4, 0.5) is 10.1 Å². The Labute approximate surface area is 105 Å². The lowest BCUT2D eigenvalue weighted by Crippen LogP contribution is -2.38. The fourth-order valence-corrected chi connectivity index (χ4v) is 2.44. The summed E-state index contributed by atoms with van der Waals surface area (Å²) in [6.45, 7) is 2.53. The molecular formula is C13H16FNO3. The molecule has 18 heavy (non-hydrogen) atoms. The van der Waals surface area contributed by atoms with Gasteiger partial charge in [0.1, 0.15) is 5.82 Å². The van der Waals surface area contributed by atoms with Gasteiger partial charge in [0.15, 0.2) is 0 Å². The summed E-state index contributed by atoms with van der Waals surface area (Å²) in [4.78, 5) is 12.8. The number of hydrogen-bond acceptors (Lipinski definition) is 3. The van der Waals surface area contributed by atoms with Crippen LogP contribution in [0.3, 0.4) is 0 Å². The fraction of sp³-hybridized carbons (Fsp3) is 0.462. The van der Waals surface area contributed by atoms with Crippen molar-refractivity contribution in [3.63, 3.8) is 0 Å². The second-order valence-corrected chi connectivity index (χ2v) is 4.48. The number of rotatable bonds is 3. The van der Waals surface area contributed by atoms with Crippen LogP contribution < -0.4 is 4.90 Å². The van der Waals surface area contributed by atoms with Crippen LogP contribution in [0.15, 0.2) is 18.2 Å². The predicted molar refractivity (Wildman–Crippen MR) is 65.6 cm³/mol. The molecule has 0 aliphatic carbocycles. The number of aromatic carboxylic acids is 1. The Kier molecular flexibility index (Phi) is 3.52. The van der Waals surface area contributed by atoms with Crippen molar-refractivity contribution in [2.75, 3.05) is 18.6 Å². The molecule has 2 atom stereocenters. The number of carboxylic acid groups (broad SMARTS) is 1. The third-order valence-corrected chi connectivity index (χ3v) is 3.40. The molecule has 0 spiro atoms. The number of anilines is 1. The standard InChI is InChI=1S/C13H16FNO3/c1-8-11(6-7-18-8)15(2)12-9(13(16)17)4-3-5-10(12)14/h3-5,8,11H,6-7H2,1-2H3,(H,16,17). The number of halogens is 1. The van der Waals surface area contributed by atoms with Crippen molar-refractivity contribution in [3.05, 3.63) is 29.6 Å². The van der Waals surface area contributed by atoms with E-state index >= 15 is 0 Å². The summed E-state index contributed by atoms with van der Waals surface area (Å²) in [7, 11) is 1.71. The van der Waals surface area contributed by atoms with Crippen molar-refractivity contribution in [2.45, 2.75) is 25.5 Å². The monoisotopic (exact) mass is 253 g/mol. The maximum atomic E-state index is 13.9. The van der Waals surface area contributed by atoms with Gasteiger partial charge < -0.3 is 14.7 Å². The summed E-state index contributed by atoms with van der Waals surface area (Å²) in [6, 6.07) is 4.10. The number of likely N-dealkylation sites (N-methyl/N-ethyl adjacent to an activating group) is 1. The molecule has 1 aromatic carbocycles. The van der Waals surface area contributed by atoms with Gasteiger partial charge in [-0.1, -0.05) is 6.07 Å². The van der Waals surface area contributed by atoms with Crippen molar-refractivity contribution in [1.29, 1.82) is 0 Å². The minimum absolute atomic E-state index is 0.000000000000000222. The van der Waals surface area contributed by atoms with E-state index in [4.69, 9.17) is 9.84 Å². The average molecular weight is 253 g/mol. The largest absolute Gasteiger partial charge is 0.478 e. The zero-order valence-corrected chi connectivity index (χ0v) is 10.4. The second-order valence-electron chi connectivity index (χ2n) is 4.48. The lowest BCUT2D eigenvalue weighted by molar-refractivity contribution is 0.0696. The number of carbonyl (C=O) groups is 1. The highest BCUT2D eigenvalue weighted by molar-refractivity contribution is 5.94. The molecule has 5 heteroatoms. The number of para-hydroxylation sites is 1. The van der Waals surface area contributed by atoms with Crippen LogP contribution in [-0.4, -0.2) is 36.9 Å². The quantitative estimate of drug-likeness (QED) is 0.896. The van der Waals surface area contributed by atoms with E-state index in [1.807, 2.05) is 6.92 Å². The molecular weight excluding hydrogens is 237 g/mol. The molecule has 98 valence electrons. The van der Waals surface area contributed by atoms with Gasteiger partial charge in [-0.2, -0.15) is 0 Å². The Morgan fingerprint density at radius 1 is 1.56 bits per heavy atom. The van der Waals surface area contributed by atoms with Crippen LogP contribution in [0.1, 0.15) is 23.7 Å². The first-order valence-electron chi connectivity index (χ1n) is 5.88. The zero-order valence-electron chi connectivity index (χ0n) is 10.4. The molecule has 1 aliphatic heterocycles. The number of benzene rings is 1. The molecule has 0 aromatic heterocycles. The number of nitrogens with zero attached hydrogens (tertiary/aromatic N) is 1. The second kappa shape index (κ2) is 4.94. The van der Waals surface area contributed by atoms with Crippen LogP contribution in [0.5, 0.6) is 0 Å². The summed E-state index contributed by atoms with van der Waals surface area (Å²) < 4.78 is 19.3. The maximum absolute atomic E-state index is 13.9. The van der Waals surface area contributed by atoms with E-state index in [2.05, 4.69) is 0 Å². The van der Waals surface area contributed by atoms with Crippen LogP contribution in [0.2, 0.25) is 0 Å². The zero-order chi connectivity index (χ0) is 13.3. The highest BCUT2D eigenvalue weighted by Gasteiger charge is 2.31. The van der Waals surface area contributed by atoms with Gasteiger partial charge in [-0.25, -0.2) is 9.18 Å². The summed E-state index contributed by atoms with van der Waals surface area (Å²) in [5.41, 5.74) is 0.115. The van der Waals surface area contributed by atoms with Gasteiger partial charge in [-0.3, -0.25) is 0 Å². The van der Waals surface area contributed by atoms with Crippen LogP contribution in [0.25, 0.3) is 0 Å². The topological polar surface area (TPSA) is 49.8 Å². The molecule has 1 heterocycles. The molecule has 0 bridgehead atoms. The van der Waals surface area contributed by atoms with Gasteiger partial charge in [-0.05, 0) is 25.5 Å². The van der Waals surface area contributed by atoms with E-state index in [1.165, 1.54) is 18.2 Å². The van der Waals surface area contributed by atoms with Crippen molar-refractivity contribution in [1.82, 2.24) is 0 Å². The van der Waals surface area contributed by atoms with E-state index in [0.29, 0.717) is 6.61 Å². The molecule has 1 saturated heterocycles. The van der Waals surface area contributed by atoms with Crippen molar-refractivity contribution < 1.29 is 19.0 Å². The third kappa shape index (κ3) is 2.18. The van der Waals surface area contributed by atoms with Crippen molar-refractivity contribution in [3.8, 4) is 0 Å². The van der Waals surface area contributed by atoms with E-state index in [0.717, 1.165) is 6.42 Å². The number of carboxylic acids is 1. The van der Waals surface area contributed by atoms with Crippen LogP contribution in [0, 0.1) is 5.82 Å².